The zero-order valence-corrected chi connectivity index (χ0v) is 18.3. The molecule has 0 aliphatic carbocycles. The Morgan fingerprint density at radius 3 is 2.03 bits per heavy atom. The van der Waals surface area contributed by atoms with Crippen molar-refractivity contribution in [2.24, 2.45) is 0 Å². The first kappa shape index (κ1) is 20.9. The van der Waals surface area contributed by atoms with Crippen LogP contribution in [0.4, 0.5) is 5.69 Å². The Bertz CT molecular complexity index is 1030. The van der Waals surface area contributed by atoms with Crippen molar-refractivity contribution in [3.05, 3.63) is 72.3 Å². The predicted octanol–water partition coefficient (Wildman–Crippen LogP) is 5.28. The van der Waals surface area contributed by atoms with Gasteiger partial charge >= 0.3 is 0 Å². The van der Waals surface area contributed by atoms with Gasteiger partial charge < -0.3 is 18.9 Å². The quantitative estimate of drug-likeness (QED) is 0.501. The first-order valence-corrected chi connectivity index (χ1v) is 10.8. The van der Waals surface area contributed by atoms with Crippen molar-refractivity contribution in [2.45, 2.75) is 5.37 Å². The van der Waals surface area contributed by atoms with Gasteiger partial charge in [-0.25, -0.2) is 0 Å². The third-order valence-corrected chi connectivity index (χ3v) is 6.15. The van der Waals surface area contributed by atoms with Crippen LogP contribution in [0.3, 0.4) is 0 Å². The minimum atomic E-state index is -0.206. The zero-order chi connectivity index (χ0) is 21.8. The van der Waals surface area contributed by atoms with E-state index in [9.17, 15) is 4.79 Å². The van der Waals surface area contributed by atoms with Crippen LogP contribution in [0.2, 0.25) is 0 Å². The number of hydrogen-bond acceptors (Lipinski definition) is 6. The molecule has 0 aromatic heterocycles. The Morgan fingerprint density at radius 1 is 0.839 bits per heavy atom. The highest BCUT2D eigenvalue weighted by Crippen LogP contribution is 2.47. The van der Waals surface area contributed by atoms with E-state index in [1.807, 2.05) is 66.7 Å². The summed E-state index contributed by atoms with van der Waals surface area (Å²) in [6, 6.07) is 20.9. The number of carbonyl (C=O) groups is 1. The normalized spacial score (nSPS) is 15.6. The summed E-state index contributed by atoms with van der Waals surface area (Å²) in [5.74, 6) is 3.55. The SMILES string of the molecule is COc1cc([C@H]2SCC(=O)N2c2ccc(Oc3ccccc3)cc2)cc(OC)c1OC. The van der Waals surface area contributed by atoms with Crippen LogP contribution in [0.15, 0.2) is 66.7 Å². The highest BCUT2D eigenvalue weighted by Gasteiger charge is 2.35. The van der Waals surface area contributed by atoms with E-state index in [4.69, 9.17) is 18.9 Å². The molecule has 1 aliphatic rings. The molecule has 1 fully saturated rings. The van der Waals surface area contributed by atoms with Gasteiger partial charge in [0.05, 0.1) is 27.1 Å². The summed E-state index contributed by atoms with van der Waals surface area (Å²) in [4.78, 5) is 14.5. The number of thioether (sulfide) groups is 1. The van der Waals surface area contributed by atoms with Gasteiger partial charge in [0.15, 0.2) is 11.5 Å². The van der Waals surface area contributed by atoms with E-state index in [1.54, 1.807) is 38.0 Å². The lowest BCUT2D eigenvalue weighted by atomic mass is 10.1. The van der Waals surface area contributed by atoms with E-state index in [2.05, 4.69) is 0 Å². The first-order valence-electron chi connectivity index (χ1n) is 9.71. The number of amides is 1. The Morgan fingerprint density at radius 2 is 1.45 bits per heavy atom. The molecule has 3 aromatic carbocycles. The molecule has 160 valence electrons. The fourth-order valence-electron chi connectivity index (χ4n) is 3.49. The van der Waals surface area contributed by atoms with Gasteiger partial charge in [0.25, 0.3) is 0 Å². The molecule has 1 aliphatic heterocycles. The Hall–Kier alpha value is -3.32. The summed E-state index contributed by atoms with van der Waals surface area (Å²) in [5, 5.41) is -0.206. The molecule has 1 amide bonds. The number of para-hydroxylation sites is 1. The molecule has 1 atom stereocenters. The molecule has 0 radical (unpaired) electrons. The van der Waals surface area contributed by atoms with Crippen molar-refractivity contribution in [3.63, 3.8) is 0 Å². The summed E-state index contributed by atoms with van der Waals surface area (Å²) in [5.41, 5.74) is 1.70. The highest BCUT2D eigenvalue weighted by molar-refractivity contribution is 8.00. The van der Waals surface area contributed by atoms with Gasteiger partial charge in [-0.05, 0) is 54.1 Å². The molecule has 0 unspecified atom stereocenters. The van der Waals surface area contributed by atoms with Crippen molar-refractivity contribution in [2.75, 3.05) is 32.0 Å². The first-order chi connectivity index (χ1) is 15.1. The average molecular weight is 438 g/mol. The van der Waals surface area contributed by atoms with E-state index in [1.165, 1.54) is 0 Å². The van der Waals surface area contributed by atoms with E-state index >= 15 is 0 Å². The van der Waals surface area contributed by atoms with Crippen molar-refractivity contribution in [3.8, 4) is 28.7 Å². The van der Waals surface area contributed by atoms with Gasteiger partial charge in [0.2, 0.25) is 11.7 Å². The molecule has 4 rings (SSSR count). The van der Waals surface area contributed by atoms with E-state index < -0.39 is 0 Å². The van der Waals surface area contributed by atoms with Crippen LogP contribution in [0, 0.1) is 0 Å². The van der Waals surface area contributed by atoms with Gasteiger partial charge in [-0.1, -0.05) is 18.2 Å². The third-order valence-electron chi connectivity index (χ3n) is 4.93. The van der Waals surface area contributed by atoms with Crippen LogP contribution < -0.4 is 23.8 Å². The summed E-state index contributed by atoms with van der Waals surface area (Å²) in [7, 11) is 4.73. The fraction of sp³-hybridized carbons (Fsp3) is 0.208. The molecule has 7 heteroatoms. The molecule has 0 spiro atoms. The van der Waals surface area contributed by atoms with Gasteiger partial charge in [-0.15, -0.1) is 11.8 Å². The van der Waals surface area contributed by atoms with Crippen LogP contribution >= 0.6 is 11.8 Å². The third kappa shape index (κ3) is 4.27. The Labute approximate surface area is 185 Å². The Balaban J connectivity index is 1.63. The molecule has 6 nitrogen and oxygen atoms in total. The number of methoxy groups -OCH3 is 3. The fourth-order valence-corrected chi connectivity index (χ4v) is 4.65. The van der Waals surface area contributed by atoms with Crippen molar-refractivity contribution >= 4 is 23.4 Å². The van der Waals surface area contributed by atoms with Crippen LogP contribution in [0.25, 0.3) is 0 Å². The van der Waals surface area contributed by atoms with Gasteiger partial charge in [0.1, 0.15) is 16.9 Å². The largest absolute Gasteiger partial charge is 0.493 e. The molecular formula is C24H23NO5S. The second-order valence-electron chi connectivity index (χ2n) is 6.79. The summed E-state index contributed by atoms with van der Waals surface area (Å²) < 4.78 is 22.3. The highest BCUT2D eigenvalue weighted by atomic mass is 32.2. The number of hydrogen-bond donors (Lipinski definition) is 0. The monoisotopic (exact) mass is 437 g/mol. The van der Waals surface area contributed by atoms with Crippen LogP contribution in [-0.4, -0.2) is 33.0 Å². The lowest BCUT2D eigenvalue weighted by Gasteiger charge is -2.25. The Kier molecular flexibility index (Phi) is 6.23. The molecule has 31 heavy (non-hydrogen) atoms. The van der Waals surface area contributed by atoms with Crippen molar-refractivity contribution < 1.29 is 23.7 Å². The molecule has 1 saturated heterocycles. The number of benzene rings is 3. The van der Waals surface area contributed by atoms with Gasteiger partial charge in [-0.3, -0.25) is 9.69 Å². The number of anilines is 1. The second kappa shape index (κ2) is 9.22. The molecule has 3 aromatic rings. The van der Waals surface area contributed by atoms with Gasteiger partial charge in [0, 0.05) is 5.69 Å². The van der Waals surface area contributed by atoms with E-state index in [0.29, 0.717) is 28.8 Å². The molecule has 0 bridgehead atoms. The van der Waals surface area contributed by atoms with Crippen LogP contribution in [0.5, 0.6) is 28.7 Å². The summed E-state index contributed by atoms with van der Waals surface area (Å²) in [6.07, 6.45) is 0. The molecular weight excluding hydrogens is 414 g/mol. The smallest absolute Gasteiger partial charge is 0.238 e. The second-order valence-corrected chi connectivity index (χ2v) is 7.86. The minimum Gasteiger partial charge on any atom is -0.493 e. The maximum atomic E-state index is 12.8. The number of ether oxygens (including phenoxy) is 4. The number of carbonyl (C=O) groups excluding carboxylic acids is 1. The van der Waals surface area contributed by atoms with Crippen LogP contribution in [0.1, 0.15) is 10.9 Å². The zero-order valence-electron chi connectivity index (χ0n) is 17.5. The number of nitrogens with zero attached hydrogens (tertiary/aromatic N) is 1. The summed E-state index contributed by atoms with van der Waals surface area (Å²) in [6.45, 7) is 0. The minimum absolute atomic E-state index is 0.0421. The van der Waals surface area contributed by atoms with Crippen molar-refractivity contribution in [1.29, 1.82) is 0 Å². The van der Waals surface area contributed by atoms with Crippen LogP contribution in [-0.2, 0) is 4.79 Å². The average Bonchev–Trinajstić information content (AvgIpc) is 3.20. The maximum Gasteiger partial charge on any atom is 0.238 e. The molecule has 0 saturated carbocycles. The van der Waals surface area contributed by atoms with Gasteiger partial charge in [-0.2, -0.15) is 0 Å². The lowest BCUT2D eigenvalue weighted by Crippen LogP contribution is -2.27. The maximum absolute atomic E-state index is 12.8. The topological polar surface area (TPSA) is 57.2 Å². The predicted molar refractivity (Wildman–Crippen MR) is 122 cm³/mol. The van der Waals surface area contributed by atoms with E-state index in [0.717, 1.165) is 17.0 Å². The summed E-state index contributed by atoms with van der Waals surface area (Å²) >= 11 is 1.56. The number of rotatable bonds is 7. The standard InChI is InChI=1S/C24H23NO5S/c1-27-20-13-16(14-21(28-2)23(20)29-3)24-25(22(26)15-31-24)17-9-11-19(12-10-17)30-18-7-5-4-6-8-18/h4-14,24H,15H2,1-3H3/t24-/m1/s1. The molecule has 0 N–H and O–H groups in total. The molecule has 1 heterocycles. The van der Waals surface area contributed by atoms with E-state index in [-0.39, 0.29) is 11.3 Å². The lowest BCUT2D eigenvalue weighted by molar-refractivity contribution is -0.115. The van der Waals surface area contributed by atoms with Crippen molar-refractivity contribution in [1.82, 2.24) is 0 Å².